The molecule has 0 aromatic rings. The van der Waals surface area contributed by atoms with Crippen LogP contribution in [0.5, 0.6) is 0 Å². The molecule has 3 nitrogen and oxygen atoms in total. The van der Waals surface area contributed by atoms with Crippen LogP contribution in [-0.2, 0) is 9.47 Å². The number of rotatable bonds is 6. The van der Waals surface area contributed by atoms with Crippen LogP contribution in [-0.4, -0.2) is 44.3 Å². The van der Waals surface area contributed by atoms with Gasteiger partial charge in [-0.3, -0.25) is 0 Å². The molecule has 81 valence electrons. The van der Waals surface area contributed by atoms with Gasteiger partial charge in [0, 0.05) is 19.7 Å². The van der Waals surface area contributed by atoms with Crippen LogP contribution in [0, 0.1) is 0 Å². The Balaban J connectivity index is 2.31. The lowest BCUT2D eigenvalue weighted by Gasteiger charge is -2.15. The predicted molar refractivity (Wildman–Crippen MR) is 56.6 cm³/mol. The minimum atomic E-state index is 0.0723. The fourth-order valence-electron chi connectivity index (χ4n) is 1.88. The molecule has 0 aromatic carbocycles. The monoisotopic (exact) mass is 199 g/mol. The van der Waals surface area contributed by atoms with Crippen molar-refractivity contribution < 1.29 is 14.6 Å². The maximum absolute atomic E-state index is 8.86. The largest absolute Gasteiger partial charge is 0.396 e. The predicted octanol–water partition coefficient (Wildman–Crippen LogP) is 1.03. The molecule has 3 atom stereocenters. The van der Waals surface area contributed by atoms with Crippen molar-refractivity contribution in [1.82, 2.24) is 0 Å². The van der Waals surface area contributed by atoms with E-state index in [1.807, 2.05) is 0 Å². The van der Waals surface area contributed by atoms with Gasteiger partial charge in [0.1, 0.15) is 7.28 Å². The van der Waals surface area contributed by atoms with E-state index in [2.05, 4.69) is 14.2 Å². The van der Waals surface area contributed by atoms with Crippen LogP contribution in [0.2, 0.25) is 6.32 Å². The van der Waals surface area contributed by atoms with Crippen molar-refractivity contribution in [2.24, 2.45) is 0 Å². The van der Waals surface area contributed by atoms with Crippen LogP contribution in [0.25, 0.3) is 0 Å². The molecule has 1 saturated heterocycles. The number of ether oxygens (including phenoxy) is 2. The maximum Gasteiger partial charge on any atom is 0.149 e. The van der Waals surface area contributed by atoms with E-state index in [4.69, 9.17) is 14.6 Å². The van der Waals surface area contributed by atoms with Crippen LogP contribution in [0.15, 0.2) is 0 Å². The number of aliphatic hydroxyl groups is 1. The Kier molecular flexibility index (Phi) is 5.52. The van der Waals surface area contributed by atoms with E-state index in [1.54, 1.807) is 7.11 Å². The fourth-order valence-corrected chi connectivity index (χ4v) is 1.88. The molecule has 1 aliphatic rings. The normalized spacial score (nSPS) is 32.1. The van der Waals surface area contributed by atoms with E-state index in [0.717, 1.165) is 19.2 Å². The SMILES string of the molecule is CCC[B]C1CC(OC)C(CCO)O1. The Morgan fingerprint density at radius 2 is 2.36 bits per heavy atom. The molecule has 1 rings (SSSR count). The Bertz CT molecular complexity index is 154. The van der Waals surface area contributed by atoms with E-state index < -0.39 is 0 Å². The van der Waals surface area contributed by atoms with Gasteiger partial charge in [0.15, 0.2) is 0 Å². The van der Waals surface area contributed by atoms with Gasteiger partial charge in [0.25, 0.3) is 0 Å². The Labute approximate surface area is 87.0 Å². The van der Waals surface area contributed by atoms with Crippen molar-refractivity contribution in [2.45, 2.75) is 50.7 Å². The minimum Gasteiger partial charge on any atom is -0.396 e. The van der Waals surface area contributed by atoms with Crippen LogP contribution in [0.3, 0.4) is 0 Å². The van der Waals surface area contributed by atoms with Crippen molar-refractivity contribution in [1.29, 1.82) is 0 Å². The molecule has 0 spiro atoms. The molecule has 0 aliphatic carbocycles. The smallest absolute Gasteiger partial charge is 0.149 e. The van der Waals surface area contributed by atoms with Crippen LogP contribution in [0.4, 0.5) is 0 Å². The molecular weight excluding hydrogens is 179 g/mol. The molecule has 0 saturated carbocycles. The Morgan fingerprint density at radius 1 is 1.57 bits per heavy atom. The molecule has 3 unspecified atom stereocenters. The van der Waals surface area contributed by atoms with E-state index >= 15 is 0 Å². The van der Waals surface area contributed by atoms with E-state index in [1.165, 1.54) is 0 Å². The average Bonchev–Trinajstić information content (AvgIpc) is 2.58. The molecule has 0 bridgehead atoms. The van der Waals surface area contributed by atoms with Gasteiger partial charge in [-0.05, 0) is 12.8 Å². The highest BCUT2D eigenvalue weighted by Crippen LogP contribution is 2.24. The molecule has 1 fully saturated rings. The molecule has 14 heavy (non-hydrogen) atoms. The fraction of sp³-hybridized carbons (Fsp3) is 1.00. The second kappa shape index (κ2) is 6.43. The molecule has 1 radical (unpaired) electrons. The highest BCUT2D eigenvalue weighted by Gasteiger charge is 2.34. The first-order valence-corrected chi connectivity index (χ1v) is 5.44. The summed E-state index contributed by atoms with van der Waals surface area (Å²) in [7, 11) is 3.92. The third-order valence-corrected chi connectivity index (χ3v) is 2.66. The lowest BCUT2D eigenvalue weighted by atomic mass is 9.66. The Morgan fingerprint density at radius 3 is 2.93 bits per heavy atom. The van der Waals surface area contributed by atoms with Gasteiger partial charge in [-0.25, -0.2) is 0 Å². The van der Waals surface area contributed by atoms with Gasteiger partial charge in [0.2, 0.25) is 0 Å². The average molecular weight is 199 g/mol. The van der Waals surface area contributed by atoms with Gasteiger partial charge in [-0.15, -0.1) is 0 Å². The summed E-state index contributed by atoms with van der Waals surface area (Å²) < 4.78 is 11.1. The molecular formula is C10H20BO3. The summed E-state index contributed by atoms with van der Waals surface area (Å²) >= 11 is 0. The molecule has 1 aliphatic heterocycles. The molecule has 1 N–H and O–H groups in total. The van der Waals surface area contributed by atoms with E-state index in [0.29, 0.717) is 6.42 Å². The van der Waals surface area contributed by atoms with Crippen LogP contribution in [0.1, 0.15) is 26.2 Å². The van der Waals surface area contributed by atoms with Crippen LogP contribution < -0.4 is 0 Å². The lowest BCUT2D eigenvalue weighted by molar-refractivity contribution is -0.00323. The number of hydrogen-bond acceptors (Lipinski definition) is 3. The second-order valence-corrected chi connectivity index (χ2v) is 3.76. The van der Waals surface area contributed by atoms with Crippen molar-refractivity contribution >= 4 is 7.28 Å². The van der Waals surface area contributed by atoms with Gasteiger partial charge in [0.05, 0.1) is 12.2 Å². The van der Waals surface area contributed by atoms with Crippen molar-refractivity contribution in [3.8, 4) is 0 Å². The lowest BCUT2D eigenvalue weighted by Crippen LogP contribution is -2.24. The number of aliphatic hydroxyl groups excluding tert-OH is 1. The van der Waals surface area contributed by atoms with Gasteiger partial charge in [-0.1, -0.05) is 19.7 Å². The topological polar surface area (TPSA) is 38.7 Å². The third kappa shape index (κ3) is 3.26. The number of methoxy groups -OCH3 is 1. The standard InChI is InChI=1S/C10H20BO3/c1-3-5-11-10-7-9(13-2)8(14-10)4-6-12/h8-10,12H,3-7H2,1-2H3. The first kappa shape index (κ1) is 12.0. The highest BCUT2D eigenvalue weighted by molar-refractivity contribution is 6.37. The summed E-state index contributed by atoms with van der Waals surface area (Å²) in [5, 5.41) is 8.86. The first-order chi connectivity index (χ1) is 6.81. The highest BCUT2D eigenvalue weighted by atomic mass is 16.6. The summed E-state index contributed by atoms with van der Waals surface area (Å²) in [5.74, 6) is 0. The zero-order valence-electron chi connectivity index (χ0n) is 9.11. The van der Waals surface area contributed by atoms with E-state index in [9.17, 15) is 0 Å². The molecule has 1 heterocycles. The van der Waals surface area contributed by atoms with Crippen molar-refractivity contribution in [2.75, 3.05) is 13.7 Å². The summed E-state index contributed by atoms with van der Waals surface area (Å²) in [6.07, 6.45) is 4.08. The minimum absolute atomic E-state index is 0.0723. The van der Waals surface area contributed by atoms with E-state index in [-0.39, 0.29) is 24.8 Å². The van der Waals surface area contributed by atoms with Gasteiger partial charge in [-0.2, -0.15) is 0 Å². The third-order valence-electron chi connectivity index (χ3n) is 2.66. The zero-order valence-corrected chi connectivity index (χ0v) is 9.11. The quantitative estimate of drug-likeness (QED) is 0.649. The Hall–Kier alpha value is -0.0551. The summed E-state index contributed by atoms with van der Waals surface area (Å²) in [6.45, 7) is 2.33. The van der Waals surface area contributed by atoms with Gasteiger partial charge >= 0.3 is 0 Å². The van der Waals surface area contributed by atoms with Crippen molar-refractivity contribution in [3.05, 3.63) is 0 Å². The molecule has 4 heteroatoms. The summed E-state index contributed by atoms with van der Waals surface area (Å²) in [5.41, 5.74) is 0. The maximum atomic E-state index is 8.86. The van der Waals surface area contributed by atoms with Gasteiger partial charge < -0.3 is 14.6 Å². The summed E-state index contributed by atoms with van der Waals surface area (Å²) in [6, 6.07) is 0.219. The van der Waals surface area contributed by atoms with Crippen molar-refractivity contribution in [3.63, 3.8) is 0 Å². The number of hydrogen-bond donors (Lipinski definition) is 1. The zero-order chi connectivity index (χ0) is 10.4. The van der Waals surface area contributed by atoms with Crippen LogP contribution >= 0.6 is 0 Å². The summed E-state index contributed by atoms with van der Waals surface area (Å²) in [4.78, 5) is 0. The second-order valence-electron chi connectivity index (χ2n) is 3.76. The molecule has 0 amide bonds. The first-order valence-electron chi connectivity index (χ1n) is 5.44. The molecule has 0 aromatic heterocycles.